The summed E-state index contributed by atoms with van der Waals surface area (Å²) < 4.78 is 9.91. The summed E-state index contributed by atoms with van der Waals surface area (Å²) >= 11 is 0. The van der Waals surface area contributed by atoms with Crippen molar-refractivity contribution in [3.8, 4) is 0 Å². The molecule has 0 saturated heterocycles. The summed E-state index contributed by atoms with van der Waals surface area (Å²) in [5.41, 5.74) is 0. The highest BCUT2D eigenvalue weighted by atomic mass is 17.2. The van der Waals surface area contributed by atoms with E-state index in [0.29, 0.717) is 13.2 Å². The van der Waals surface area contributed by atoms with Gasteiger partial charge in [0.2, 0.25) is 0 Å². The van der Waals surface area contributed by atoms with E-state index in [-0.39, 0.29) is 0 Å². The van der Waals surface area contributed by atoms with E-state index in [2.05, 4.69) is 19.6 Å². The zero-order valence-electron chi connectivity index (χ0n) is 12.0. The molecule has 8 heteroatoms. The van der Waals surface area contributed by atoms with Crippen LogP contribution in [0.15, 0.2) is 12.2 Å². The lowest BCUT2D eigenvalue weighted by molar-refractivity contribution is -0.344. The van der Waals surface area contributed by atoms with Crippen molar-refractivity contribution in [1.29, 1.82) is 0 Å². The van der Waals surface area contributed by atoms with E-state index in [0.717, 1.165) is 12.2 Å². The predicted molar refractivity (Wildman–Crippen MR) is 65.7 cm³/mol. The van der Waals surface area contributed by atoms with Crippen molar-refractivity contribution in [2.24, 2.45) is 0 Å². The number of hydrogen-bond acceptors (Lipinski definition) is 8. The van der Waals surface area contributed by atoms with Gasteiger partial charge in [-0.1, -0.05) is 0 Å². The van der Waals surface area contributed by atoms with Gasteiger partial charge in [-0.15, -0.1) is 0 Å². The molecule has 0 rings (SSSR count). The molecule has 0 aliphatic carbocycles. The minimum atomic E-state index is -0.883. The Morgan fingerprint density at radius 1 is 0.850 bits per heavy atom. The van der Waals surface area contributed by atoms with E-state index < -0.39 is 24.5 Å². The first-order chi connectivity index (χ1) is 9.49. The monoisotopic (exact) mass is 292 g/mol. The van der Waals surface area contributed by atoms with Gasteiger partial charge in [-0.05, 0) is 27.7 Å². The fraction of sp³-hybridized carbons (Fsp3) is 0.667. The van der Waals surface area contributed by atoms with Crippen LogP contribution in [0, 0.1) is 0 Å². The summed E-state index contributed by atoms with van der Waals surface area (Å²) in [5.74, 6) is -1.77. The highest BCUT2D eigenvalue weighted by Gasteiger charge is 2.08. The van der Waals surface area contributed by atoms with Crippen molar-refractivity contribution in [2.45, 2.75) is 40.3 Å². The van der Waals surface area contributed by atoms with Crippen LogP contribution in [-0.4, -0.2) is 37.7 Å². The lowest BCUT2D eigenvalue weighted by atomic mass is 10.5. The molecule has 0 saturated carbocycles. The van der Waals surface area contributed by atoms with Crippen LogP contribution >= 0.6 is 0 Å². The number of rotatable bonds is 10. The van der Waals surface area contributed by atoms with Crippen molar-refractivity contribution >= 4 is 11.9 Å². The van der Waals surface area contributed by atoms with Gasteiger partial charge in [-0.2, -0.15) is 9.78 Å². The lowest BCUT2D eigenvalue weighted by Crippen LogP contribution is -2.16. The van der Waals surface area contributed by atoms with Crippen molar-refractivity contribution < 1.29 is 38.6 Å². The van der Waals surface area contributed by atoms with E-state index in [1.807, 2.05) is 0 Å². The molecule has 0 radical (unpaired) electrons. The van der Waals surface area contributed by atoms with Gasteiger partial charge in [0, 0.05) is 25.4 Å². The van der Waals surface area contributed by atoms with Gasteiger partial charge in [0.05, 0.1) is 0 Å². The Morgan fingerprint density at radius 2 is 1.20 bits per heavy atom. The second kappa shape index (κ2) is 11.4. The summed E-state index contributed by atoms with van der Waals surface area (Å²) in [4.78, 5) is 40.1. The summed E-state index contributed by atoms with van der Waals surface area (Å²) in [5, 5.41) is 0. The molecule has 0 bridgehead atoms. The number of carbonyl (C=O) groups excluding carboxylic acids is 2. The summed E-state index contributed by atoms with van der Waals surface area (Å²) in [6, 6.07) is 0. The molecule has 0 aromatic rings. The van der Waals surface area contributed by atoms with Crippen LogP contribution in [0.4, 0.5) is 0 Å². The molecule has 0 N–H and O–H groups in total. The standard InChI is InChI=1S/C12H20O8/c1-5-15-9(3)17-19-11(13)7-8-12(14)20-18-10(4)16-6-2/h7-10H,5-6H2,1-4H3. The molecule has 0 aromatic carbocycles. The minimum Gasteiger partial charge on any atom is -0.349 e. The lowest BCUT2D eigenvalue weighted by Gasteiger charge is -2.10. The number of hydrogen-bond donors (Lipinski definition) is 0. The first-order valence-electron chi connectivity index (χ1n) is 6.15. The van der Waals surface area contributed by atoms with E-state index in [4.69, 9.17) is 9.47 Å². The van der Waals surface area contributed by atoms with Crippen LogP contribution in [0.25, 0.3) is 0 Å². The molecular weight excluding hydrogens is 272 g/mol. The minimum absolute atomic E-state index is 0.413. The molecule has 0 aliphatic heterocycles. The van der Waals surface area contributed by atoms with Crippen LogP contribution in [0.3, 0.4) is 0 Å². The van der Waals surface area contributed by atoms with Gasteiger partial charge in [0.1, 0.15) is 0 Å². The largest absolute Gasteiger partial charge is 0.366 e. The van der Waals surface area contributed by atoms with E-state index >= 15 is 0 Å². The summed E-state index contributed by atoms with van der Waals surface area (Å²) in [6.07, 6.45) is 0.269. The molecular formula is C12H20O8. The summed E-state index contributed by atoms with van der Waals surface area (Å²) in [7, 11) is 0. The van der Waals surface area contributed by atoms with Gasteiger partial charge in [-0.3, -0.25) is 9.78 Å². The molecule has 0 spiro atoms. The third-order valence-corrected chi connectivity index (χ3v) is 1.69. The van der Waals surface area contributed by atoms with Gasteiger partial charge in [0.25, 0.3) is 0 Å². The van der Waals surface area contributed by atoms with Gasteiger partial charge >= 0.3 is 11.9 Å². The number of carbonyl (C=O) groups is 2. The Morgan fingerprint density at radius 3 is 1.50 bits per heavy atom. The zero-order valence-corrected chi connectivity index (χ0v) is 12.0. The van der Waals surface area contributed by atoms with Crippen molar-refractivity contribution in [3.05, 3.63) is 12.2 Å². The SMILES string of the molecule is CCOC(C)OOC(=O)C=CC(=O)OOC(C)OCC. The molecule has 0 heterocycles. The topological polar surface area (TPSA) is 89.5 Å². The Kier molecular flexibility index (Phi) is 10.5. The number of ether oxygens (including phenoxy) is 2. The maximum atomic E-state index is 11.1. The van der Waals surface area contributed by atoms with E-state index in [9.17, 15) is 9.59 Å². The Hall–Kier alpha value is -1.48. The van der Waals surface area contributed by atoms with E-state index in [1.165, 1.54) is 0 Å². The Bertz CT molecular complexity index is 285. The maximum Gasteiger partial charge on any atom is 0.366 e. The smallest absolute Gasteiger partial charge is 0.349 e. The molecule has 0 amide bonds. The predicted octanol–water partition coefficient (Wildman–Crippen LogP) is 1.26. The van der Waals surface area contributed by atoms with Crippen LogP contribution in [0.5, 0.6) is 0 Å². The van der Waals surface area contributed by atoms with Crippen LogP contribution < -0.4 is 0 Å². The first kappa shape index (κ1) is 18.5. The Balaban J connectivity index is 3.85. The highest BCUT2D eigenvalue weighted by Crippen LogP contribution is 1.97. The summed E-state index contributed by atoms with van der Waals surface area (Å²) in [6.45, 7) is 7.46. The van der Waals surface area contributed by atoms with E-state index in [1.54, 1.807) is 27.7 Å². The zero-order chi connectivity index (χ0) is 15.4. The Labute approximate surface area is 117 Å². The molecule has 116 valence electrons. The van der Waals surface area contributed by atoms with Crippen molar-refractivity contribution in [1.82, 2.24) is 0 Å². The highest BCUT2D eigenvalue weighted by molar-refractivity contribution is 5.91. The first-order valence-corrected chi connectivity index (χ1v) is 6.15. The average molecular weight is 292 g/mol. The molecule has 2 unspecified atom stereocenters. The fourth-order valence-corrected chi connectivity index (χ4v) is 0.947. The molecule has 0 aliphatic rings. The van der Waals surface area contributed by atoms with Crippen LogP contribution in [0.1, 0.15) is 27.7 Å². The normalized spacial score (nSPS) is 14.0. The van der Waals surface area contributed by atoms with Gasteiger partial charge in [0.15, 0.2) is 12.6 Å². The fourth-order valence-electron chi connectivity index (χ4n) is 0.947. The third kappa shape index (κ3) is 10.4. The quantitative estimate of drug-likeness (QED) is 0.257. The van der Waals surface area contributed by atoms with Crippen molar-refractivity contribution in [2.75, 3.05) is 13.2 Å². The second-order valence-corrected chi connectivity index (χ2v) is 3.38. The van der Waals surface area contributed by atoms with Gasteiger partial charge in [-0.25, -0.2) is 9.59 Å². The van der Waals surface area contributed by atoms with Crippen LogP contribution in [0.2, 0.25) is 0 Å². The molecule has 0 fully saturated rings. The van der Waals surface area contributed by atoms with Crippen molar-refractivity contribution in [3.63, 3.8) is 0 Å². The molecule has 8 nitrogen and oxygen atoms in total. The second-order valence-electron chi connectivity index (χ2n) is 3.38. The molecule has 20 heavy (non-hydrogen) atoms. The van der Waals surface area contributed by atoms with Gasteiger partial charge < -0.3 is 9.47 Å². The third-order valence-electron chi connectivity index (χ3n) is 1.69. The van der Waals surface area contributed by atoms with Crippen LogP contribution in [-0.2, 0) is 38.6 Å². The molecule has 0 aromatic heterocycles. The molecule has 2 atom stereocenters. The average Bonchev–Trinajstić information content (AvgIpc) is 2.41. The maximum absolute atomic E-state index is 11.1.